The van der Waals surface area contributed by atoms with Crippen molar-refractivity contribution in [3.63, 3.8) is 0 Å². The molecule has 0 saturated carbocycles. The van der Waals surface area contributed by atoms with E-state index in [1.165, 1.54) is 0 Å². The molecule has 0 saturated heterocycles. The molecule has 1 nitrogen and oxygen atoms in total. The van der Waals surface area contributed by atoms with Gasteiger partial charge in [-0.2, -0.15) is 0 Å². The molecule has 0 aromatic heterocycles. The summed E-state index contributed by atoms with van der Waals surface area (Å²) in [5, 5.41) is 3.79. The molecule has 1 rings (SSSR count). The van der Waals surface area contributed by atoms with Crippen LogP contribution < -0.4 is 5.32 Å². The van der Waals surface area contributed by atoms with Crippen LogP contribution in [0, 0.1) is 5.37 Å². The average molecular weight is 112 g/mol. The first-order chi connectivity index (χ1) is 3.39. The number of hydrogen-bond donors (Lipinski definition) is 2. The molecule has 0 fully saturated rings. The first-order valence-corrected chi connectivity index (χ1v) is 2.50. The van der Waals surface area contributed by atoms with Crippen LogP contribution in [0.5, 0.6) is 0 Å². The quantitative estimate of drug-likeness (QED) is 0.447. The Balaban J connectivity index is 2.49. The van der Waals surface area contributed by atoms with E-state index in [0.29, 0.717) is 0 Å². The Morgan fingerprint density at radius 2 is 2.29 bits per heavy atom. The molecule has 1 aliphatic heterocycles. The molecule has 0 unspecified atom stereocenters. The number of dihydropyridines is 1. The molecule has 1 heterocycles. The van der Waals surface area contributed by atoms with Crippen molar-refractivity contribution in [3.8, 4) is 0 Å². The van der Waals surface area contributed by atoms with Crippen molar-refractivity contribution >= 4 is 12.6 Å². The number of thiol groups is 1. The van der Waals surface area contributed by atoms with E-state index in [2.05, 4.69) is 17.9 Å². The molecule has 7 heavy (non-hydrogen) atoms. The maximum absolute atomic E-state index is 4.03. The normalized spacial score (nSPS) is 19.6. The second-order valence-corrected chi connectivity index (χ2v) is 1.73. The Bertz CT molecular complexity index is 107. The fraction of sp³-hybridized carbons (Fsp3) is 0. The molecule has 0 spiro atoms. The lowest BCUT2D eigenvalue weighted by Gasteiger charge is -2.04. The van der Waals surface area contributed by atoms with Gasteiger partial charge in [0.25, 0.3) is 0 Å². The van der Waals surface area contributed by atoms with Crippen LogP contribution in [0.2, 0.25) is 0 Å². The van der Waals surface area contributed by atoms with Gasteiger partial charge in [0.15, 0.2) is 0 Å². The van der Waals surface area contributed by atoms with Crippen LogP contribution in [0.25, 0.3) is 0 Å². The van der Waals surface area contributed by atoms with Crippen molar-refractivity contribution in [2.45, 2.75) is 0 Å². The highest BCUT2D eigenvalue weighted by atomic mass is 32.1. The standard InChI is InChI=1S/C5H6NS/c7-5-3-1-2-4-6-5/h1-4,6-7H. The maximum atomic E-state index is 4.03. The predicted molar refractivity (Wildman–Crippen MR) is 33.6 cm³/mol. The van der Waals surface area contributed by atoms with Crippen LogP contribution in [0.1, 0.15) is 0 Å². The van der Waals surface area contributed by atoms with Crippen molar-refractivity contribution in [1.29, 1.82) is 0 Å². The molecule has 1 N–H and O–H groups in total. The summed E-state index contributed by atoms with van der Waals surface area (Å²) < 4.78 is 0. The van der Waals surface area contributed by atoms with Crippen molar-refractivity contribution in [3.05, 3.63) is 29.8 Å². The Kier molecular flexibility index (Phi) is 1.42. The van der Waals surface area contributed by atoms with Gasteiger partial charge in [0, 0.05) is 0 Å². The van der Waals surface area contributed by atoms with Crippen molar-refractivity contribution in [1.82, 2.24) is 5.32 Å². The first kappa shape index (κ1) is 4.78. The number of allylic oxidation sites excluding steroid dienone is 2. The summed E-state index contributed by atoms with van der Waals surface area (Å²) in [5.41, 5.74) is 0. The largest absolute Gasteiger partial charge is 0.371 e. The SMILES string of the molecule is S[C]1C=CC=CN1. The van der Waals surface area contributed by atoms with Crippen LogP contribution in [0.4, 0.5) is 0 Å². The molecule has 1 aliphatic rings. The molecular weight excluding hydrogens is 106 g/mol. The van der Waals surface area contributed by atoms with E-state index >= 15 is 0 Å². The van der Waals surface area contributed by atoms with Gasteiger partial charge in [-0.3, -0.25) is 0 Å². The van der Waals surface area contributed by atoms with Gasteiger partial charge in [-0.1, -0.05) is 6.08 Å². The first-order valence-electron chi connectivity index (χ1n) is 2.05. The van der Waals surface area contributed by atoms with E-state index in [1.54, 1.807) is 0 Å². The van der Waals surface area contributed by atoms with E-state index < -0.39 is 0 Å². The van der Waals surface area contributed by atoms with Gasteiger partial charge in [-0.15, -0.1) is 12.6 Å². The highest BCUT2D eigenvalue weighted by Crippen LogP contribution is 2.04. The summed E-state index contributed by atoms with van der Waals surface area (Å²) in [7, 11) is 0. The Labute approximate surface area is 48.5 Å². The highest BCUT2D eigenvalue weighted by molar-refractivity contribution is 7.83. The fourth-order valence-corrected chi connectivity index (χ4v) is 0.544. The number of rotatable bonds is 0. The molecule has 0 aromatic carbocycles. The van der Waals surface area contributed by atoms with Gasteiger partial charge in [-0.05, 0) is 18.4 Å². The van der Waals surface area contributed by atoms with E-state index in [0.717, 1.165) is 5.37 Å². The number of nitrogens with one attached hydrogen (secondary N) is 1. The zero-order valence-corrected chi connectivity index (χ0v) is 4.65. The van der Waals surface area contributed by atoms with Gasteiger partial charge >= 0.3 is 0 Å². The smallest absolute Gasteiger partial charge is 0.136 e. The molecule has 1 radical (unpaired) electrons. The van der Waals surface area contributed by atoms with Gasteiger partial charge in [0.1, 0.15) is 5.37 Å². The summed E-state index contributed by atoms with van der Waals surface area (Å²) in [6, 6.07) is 0. The topological polar surface area (TPSA) is 12.0 Å². The molecule has 0 aliphatic carbocycles. The summed E-state index contributed by atoms with van der Waals surface area (Å²) in [6.07, 6.45) is 7.57. The molecule has 0 aromatic rings. The van der Waals surface area contributed by atoms with Gasteiger partial charge in [-0.25, -0.2) is 0 Å². The highest BCUT2D eigenvalue weighted by Gasteiger charge is 1.93. The van der Waals surface area contributed by atoms with Crippen molar-refractivity contribution in [2.24, 2.45) is 0 Å². The second kappa shape index (κ2) is 2.07. The molecule has 37 valence electrons. The van der Waals surface area contributed by atoms with Crippen molar-refractivity contribution in [2.75, 3.05) is 0 Å². The molecular formula is C5H6NS. The third kappa shape index (κ3) is 1.27. The molecule has 0 bridgehead atoms. The number of hydrogen-bond acceptors (Lipinski definition) is 2. The minimum Gasteiger partial charge on any atom is -0.371 e. The van der Waals surface area contributed by atoms with Crippen LogP contribution in [0.3, 0.4) is 0 Å². The lowest BCUT2D eigenvalue weighted by molar-refractivity contribution is 1.06. The third-order valence-electron chi connectivity index (χ3n) is 0.693. The van der Waals surface area contributed by atoms with Crippen LogP contribution >= 0.6 is 12.6 Å². The van der Waals surface area contributed by atoms with Crippen LogP contribution in [-0.4, -0.2) is 0 Å². The second-order valence-electron chi connectivity index (χ2n) is 1.25. The van der Waals surface area contributed by atoms with E-state index in [1.807, 2.05) is 24.4 Å². The summed E-state index contributed by atoms with van der Waals surface area (Å²) >= 11 is 4.03. The van der Waals surface area contributed by atoms with E-state index in [4.69, 9.17) is 0 Å². The Hall–Kier alpha value is -0.370. The van der Waals surface area contributed by atoms with Crippen molar-refractivity contribution < 1.29 is 0 Å². The summed E-state index contributed by atoms with van der Waals surface area (Å²) in [5.74, 6) is 0. The average Bonchev–Trinajstić information content (AvgIpc) is 1.69. The minimum atomic E-state index is 0.891. The third-order valence-corrected chi connectivity index (χ3v) is 0.971. The van der Waals surface area contributed by atoms with Gasteiger partial charge in [0.2, 0.25) is 0 Å². The van der Waals surface area contributed by atoms with E-state index in [-0.39, 0.29) is 0 Å². The molecule has 0 amide bonds. The summed E-state index contributed by atoms with van der Waals surface area (Å²) in [4.78, 5) is 0. The zero-order valence-electron chi connectivity index (χ0n) is 3.76. The monoisotopic (exact) mass is 112 g/mol. The Morgan fingerprint density at radius 1 is 1.43 bits per heavy atom. The molecule has 0 atom stereocenters. The zero-order chi connectivity index (χ0) is 5.11. The maximum Gasteiger partial charge on any atom is 0.136 e. The van der Waals surface area contributed by atoms with Crippen LogP contribution in [-0.2, 0) is 0 Å². The lowest BCUT2D eigenvalue weighted by atomic mass is 10.4. The summed E-state index contributed by atoms with van der Waals surface area (Å²) in [6.45, 7) is 0. The van der Waals surface area contributed by atoms with E-state index in [9.17, 15) is 0 Å². The van der Waals surface area contributed by atoms with Gasteiger partial charge in [0.05, 0.1) is 0 Å². The Morgan fingerprint density at radius 3 is 2.57 bits per heavy atom. The molecule has 2 heteroatoms. The predicted octanol–water partition coefficient (Wildman–Crippen LogP) is 1.08. The lowest BCUT2D eigenvalue weighted by Crippen LogP contribution is -2.07. The van der Waals surface area contributed by atoms with Gasteiger partial charge < -0.3 is 5.32 Å². The minimum absolute atomic E-state index is 0.891. The van der Waals surface area contributed by atoms with Crippen LogP contribution in [0.15, 0.2) is 24.4 Å². The fourth-order valence-electron chi connectivity index (χ4n) is 0.384.